The second kappa shape index (κ2) is 8.14. The molecule has 114 valence electrons. The van der Waals surface area contributed by atoms with Crippen LogP contribution in [0.5, 0.6) is 0 Å². The number of benzene rings is 1. The summed E-state index contributed by atoms with van der Waals surface area (Å²) in [5.74, 6) is 5.18. The molecule has 0 radical (unpaired) electrons. The molecule has 1 atom stereocenters. The molecular formula is C17H23FN2O. The highest BCUT2D eigenvalue weighted by atomic mass is 19.1. The molecule has 1 aliphatic heterocycles. The van der Waals surface area contributed by atoms with Gasteiger partial charge in [0.1, 0.15) is 5.82 Å². The second-order valence-electron chi connectivity index (χ2n) is 5.51. The van der Waals surface area contributed by atoms with Gasteiger partial charge in [-0.2, -0.15) is 0 Å². The number of hydrogen-bond acceptors (Lipinski definition) is 3. The van der Waals surface area contributed by atoms with Gasteiger partial charge in [-0.25, -0.2) is 4.39 Å². The van der Waals surface area contributed by atoms with Crippen LogP contribution >= 0.6 is 0 Å². The largest absolute Gasteiger partial charge is 0.377 e. The first-order valence-electron chi connectivity index (χ1n) is 7.46. The predicted molar refractivity (Wildman–Crippen MR) is 82.3 cm³/mol. The summed E-state index contributed by atoms with van der Waals surface area (Å²) in [6.07, 6.45) is 3.86. The maximum Gasteiger partial charge on any atom is 0.138 e. The van der Waals surface area contributed by atoms with Crippen LogP contribution in [0, 0.1) is 17.7 Å². The van der Waals surface area contributed by atoms with Crippen molar-refractivity contribution in [1.82, 2.24) is 4.90 Å². The van der Waals surface area contributed by atoms with E-state index in [4.69, 9.17) is 10.5 Å². The first-order valence-corrected chi connectivity index (χ1v) is 7.46. The van der Waals surface area contributed by atoms with E-state index in [0.717, 1.165) is 31.7 Å². The molecule has 2 N–H and O–H groups in total. The number of likely N-dealkylation sites (N-methyl/N-ethyl adjacent to an activating group) is 1. The highest BCUT2D eigenvalue weighted by Gasteiger charge is 2.16. The summed E-state index contributed by atoms with van der Waals surface area (Å²) >= 11 is 0. The number of nitrogens with two attached hydrogens (primary N) is 1. The minimum absolute atomic E-state index is 0.239. The van der Waals surface area contributed by atoms with E-state index in [1.807, 2.05) is 0 Å². The zero-order chi connectivity index (χ0) is 15.1. The molecule has 1 aromatic rings. The number of nitrogens with zero attached hydrogens (tertiary/aromatic N) is 1. The van der Waals surface area contributed by atoms with E-state index < -0.39 is 0 Å². The van der Waals surface area contributed by atoms with Gasteiger partial charge in [0, 0.05) is 19.7 Å². The van der Waals surface area contributed by atoms with Crippen LogP contribution in [0.2, 0.25) is 0 Å². The summed E-state index contributed by atoms with van der Waals surface area (Å²) in [6.45, 7) is 2.77. The van der Waals surface area contributed by atoms with Crippen molar-refractivity contribution in [2.45, 2.75) is 31.9 Å². The quantitative estimate of drug-likeness (QED) is 0.864. The average Bonchev–Trinajstić information content (AvgIpc) is 2.48. The van der Waals surface area contributed by atoms with Gasteiger partial charge in [0.25, 0.3) is 0 Å². The highest BCUT2D eigenvalue weighted by Crippen LogP contribution is 2.15. The van der Waals surface area contributed by atoms with Crippen LogP contribution in [0.25, 0.3) is 0 Å². The maximum atomic E-state index is 13.6. The third-order valence-corrected chi connectivity index (χ3v) is 3.60. The van der Waals surface area contributed by atoms with Gasteiger partial charge in [0.05, 0.1) is 18.2 Å². The smallest absolute Gasteiger partial charge is 0.138 e. The summed E-state index contributed by atoms with van der Waals surface area (Å²) in [5, 5.41) is 0. The number of halogens is 1. The lowest BCUT2D eigenvalue weighted by Crippen LogP contribution is -2.33. The molecule has 21 heavy (non-hydrogen) atoms. The molecule has 0 saturated carbocycles. The van der Waals surface area contributed by atoms with Gasteiger partial charge >= 0.3 is 0 Å². The minimum atomic E-state index is -0.294. The van der Waals surface area contributed by atoms with E-state index in [-0.39, 0.29) is 12.4 Å². The van der Waals surface area contributed by atoms with E-state index in [0.29, 0.717) is 11.7 Å². The topological polar surface area (TPSA) is 38.5 Å². The number of ether oxygens (including phenoxy) is 1. The van der Waals surface area contributed by atoms with Gasteiger partial charge in [-0.15, -0.1) is 0 Å². The van der Waals surface area contributed by atoms with Gasteiger partial charge in [0.2, 0.25) is 0 Å². The molecule has 1 unspecified atom stereocenters. The van der Waals surface area contributed by atoms with Crippen molar-refractivity contribution in [2.75, 3.05) is 26.7 Å². The lowest BCUT2D eigenvalue weighted by molar-refractivity contribution is -0.00259. The SMILES string of the molecule is CN(Cc1ccc(F)c(C#CCN)c1)CC1CCCCO1. The van der Waals surface area contributed by atoms with Gasteiger partial charge in [-0.05, 0) is 44.0 Å². The predicted octanol–water partition coefficient (Wildman–Crippen LogP) is 2.14. The Balaban J connectivity index is 1.95. The fourth-order valence-corrected chi connectivity index (χ4v) is 2.59. The third kappa shape index (κ3) is 5.13. The first-order chi connectivity index (χ1) is 10.2. The highest BCUT2D eigenvalue weighted by molar-refractivity contribution is 5.38. The van der Waals surface area contributed by atoms with Crippen LogP contribution < -0.4 is 5.73 Å². The Morgan fingerprint density at radius 2 is 2.29 bits per heavy atom. The Morgan fingerprint density at radius 3 is 3.00 bits per heavy atom. The normalized spacial score (nSPS) is 18.4. The van der Waals surface area contributed by atoms with Crippen LogP contribution in [0.3, 0.4) is 0 Å². The molecule has 1 fully saturated rings. The molecule has 1 saturated heterocycles. The van der Waals surface area contributed by atoms with E-state index in [1.54, 1.807) is 12.1 Å². The molecule has 0 amide bonds. The third-order valence-electron chi connectivity index (χ3n) is 3.60. The number of rotatable bonds is 4. The zero-order valence-corrected chi connectivity index (χ0v) is 12.6. The lowest BCUT2D eigenvalue weighted by Gasteiger charge is -2.27. The molecule has 4 heteroatoms. The van der Waals surface area contributed by atoms with Crippen molar-refractivity contribution < 1.29 is 9.13 Å². The fraction of sp³-hybridized carbons (Fsp3) is 0.529. The summed E-state index contributed by atoms with van der Waals surface area (Å²) in [5.41, 5.74) is 6.80. The van der Waals surface area contributed by atoms with E-state index in [1.165, 1.54) is 18.9 Å². The Kier molecular flexibility index (Phi) is 6.19. The van der Waals surface area contributed by atoms with Gasteiger partial charge in [0.15, 0.2) is 0 Å². The van der Waals surface area contributed by atoms with Crippen molar-refractivity contribution in [3.05, 3.63) is 35.1 Å². The minimum Gasteiger partial charge on any atom is -0.377 e. The zero-order valence-electron chi connectivity index (χ0n) is 12.6. The molecule has 3 nitrogen and oxygen atoms in total. The van der Waals surface area contributed by atoms with Crippen molar-refractivity contribution >= 4 is 0 Å². The van der Waals surface area contributed by atoms with Crippen LogP contribution in [-0.4, -0.2) is 37.7 Å². The Bertz CT molecular complexity index is 515. The van der Waals surface area contributed by atoms with E-state index in [2.05, 4.69) is 23.8 Å². The van der Waals surface area contributed by atoms with Gasteiger partial charge in [-0.3, -0.25) is 4.90 Å². The summed E-state index contributed by atoms with van der Waals surface area (Å²) in [6, 6.07) is 5.08. The van der Waals surface area contributed by atoms with E-state index in [9.17, 15) is 4.39 Å². The average molecular weight is 290 g/mol. The first kappa shape index (κ1) is 16.0. The number of hydrogen-bond donors (Lipinski definition) is 1. The molecule has 0 aromatic heterocycles. The fourth-order valence-electron chi connectivity index (χ4n) is 2.59. The standard InChI is InChI=1S/C17H23FN2O/c1-20(13-16-6-2-3-10-21-16)12-14-7-8-17(18)15(11-14)5-4-9-19/h7-8,11,16H,2-3,6,9-10,12-13,19H2,1H3. The van der Waals surface area contributed by atoms with Crippen molar-refractivity contribution in [1.29, 1.82) is 0 Å². The molecule has 0 bridgehead atoms. The maximum absolute atomic E-state index is 13.6. The van der Waals surface area contributed by atoms with Gasteiger partial charge in [-0.1, -0.05) is 17.9 Å². The molecule has 0 aliphatic carbocycles. The van der Waals surface area contributed by atoms with Gasteiger partial charge < -0.3 is 10.5 Å². The molecule has 0 spiro atoms. The van der Waals surface area contributed by atoms with Crippen LogP contribution in [-0.2, 0) is 11.3 Å². The van der Waals surface area contributed by atoms with E-state index >= 15 is 0 Å². The Labute approximate surface area is 126 Å². The molecule has 1 heterocycles. The van der Waals surface area contributed by atoms with Crippen LogP contribution in [0.1, 0.15) is 30.4 Å². The molecule has 2 rings (SSSR count). The lowest BCUT2D eigenvalue weighted by atomic mass is 10.1. The Morgan fingerprint density at radius 1 is 1.43 bits per heavy atom. The van der Waals surface area contributed by atoms with Crippen LogP contribution in [0.15, 0.2) is 18.2 Å². The van der Waals surface area contributed by atoms with Crippen LogP contribution in [0.4, 0.5) is 4.39 Å². The van der Waals surface area contributed by atoms with Crippen molar-refractivity contribution in [2.24, 2.45) is 5.73 Å². The second-order valence-corrected chi connectivity index (χ2v) is 5.51. The van der Waals surface area contributed by atoms with Crippen molar-refractivity contribution in [3.8, 4) is 11.8 Å². The summed E-state index contributed by atoms with van der Waals surface area (Å²) < 4.78 is 19.4. The van der Waals surface area contributed by atoms with Crippen molar-refractivity contribution in [3.63, 3.8) is 0 Å². The monoisotopic (exact) mass is 290 g/mol. The molecule has 1 aromatic carbocycles. The summed E-state index contributed by atoms with van der Waals surface area (Å²) in [4.78, 5) is 2.21. The summed E-state index contributed by atoms with van der Waals surface area (Å²) in [7, 11) is 2.06. The molecular weight excluding hydrogens is 267 g/mol. The Hall–Kier alpha value is -1.41. The molecule has 1 aliphatic rings.